The maximum atomic E-state index is 8.88. The number of ether oxygens (including phenoxy) is 1. The molecular weight excluding hydrogens is 298 g/mol. The van der Waals surface area contributed by atoms with Gasteiger partial charge in [-0.3, -0.25) is 0 Å². The van der Waals surface area contributed by atoms with E-state index < -0.39 is 0 Å². The molecule has 2 rings (SSSR count). The third-order valence-corrected chi connectivity index (χ3v) is 3.73. The minimum atomic E-state index is -0.118. The third-order valence-electron chi connectivity index (χ3n) is 3.73. The van der Waals surface area contributed by atoms with Crippen LogP contribution >= 0.6 is 0 Å². The van der Waals surface area contributed by atoms with Gasteiger partial charge in [0, 0.05) is 32.1 Å². The summed E-state index contributed by atoms with van der Waals surface area (Å²) in [5, 5.41) is 17.8. The molecule has 1 aromatic carbocycles. The van der Waals surface area contributed by atoms with Crippen LogP contribution in [-0.2, 0) is 11.2 Å². The Labute approximate surface area is 142 Å². The molecule has 0 fully saturated rings. The largest absolute Gasteiger partial charge is 0.470 e. The summed E-state index contributed by atoms with van der Waals surface area (Å²) < 4.78 is 5.60. The molecule has 1 heterocycles. The number of rotatable bonds is 5. The summed E-state index contributed by atoms with van der Waals surface area (Å²) in [5.74, 6) is 0.667. The van der Waals surface area contributed by atoms with Gasteiger partial charge >= 0.3 is 0 Å². The smallest absolute Gasteiger partial charge is 0.126 e. The molecule has 0 amide bonds. The number of allylic oxidation sites excluding steroid dienone is 5. The van der Waals surface area contributed by atoms with Gasteiger partial charge in [-0.2, -0.15) is 10.5 Å². The summed E-state index contributed by atoms with van der Waals surface area (Å²) in [7, 11) is 4.00. The first-order valence-electron chi connectivity index (χ1n) is 7.56. The predicted octanol–water partition coefficient (Wildman–Crippen LogP) is 3.96. The van der Waals surface area contributed by atoms with Crippen molar-refractivity contribution in [2.45, 2.75) is 6.42 Å². The van der Waals surface area contributed by atoms with Gasteiger partial charge in [0.15, 0.2) is 0 Å². The fourth-order valence-corrected chi connectivity index (χ4v) is 2.43. The van der Waals surface area contributed by atoms with E-state index in [2.05, 4.69) is 12.6 Å². The molecule has 0 bridgehead atoms. The maximum Gasteiger partial charge on any atom is 0.126 e. The van der Waals surface area contributed by atoms with E-state index in [1.54, 1.807) is 12.3 Å². The molecule has 0 saturated heterocycles. The quantitative estimate of drug-likeness (QED) is 0.771. The Kier molecular flexibility index (Phi) is 5.60. The third kappa shape index (κ3) is 4.15. The zero-order chi connectivity index (χ0) is 17.5. The average molecular weight is 317 g/mol. The highest BCUT2D eigenvalue weighted by Gasteiger charge is 2.12. The van der Waals surface area contributed by atoms with Crippen LogP contribution in [-0.4, -0.2) is 14.1 Å². The van der Waals surface area contributed by atoms with E-state index >= 15 is 0 Å². The highest BCUT2D eigenvalue weighted by Crippen LogP contribution is 2.25. The molecule has 1 atom stereocenters. The van der Waals surface area contributed by atoms with Crippen LogP contribution in [0.15, 0.2) is 60.6 Å². The standard InChI is InChI=1S/C20H19N3O/c1-4-17-5-6-19(23(2)3)11-18(17)12-20-10-15(7-8-24-20)9-16(13-21)14-22/h4-11,15H,1,12H2,2-3H3. The van der Waals surface area contributed by atoms with E-state index in [-0.39, 0.29) is 11.5 Å². The Morgan fingerprint density at radius 1 is 1.33 bits per heavy atom. The zero-order valence-electron chi connectivity index (χ0n) is 13.9. The SMILES string of the molecule is C=Cc1ccc(N(C)C)cc1CC1=CC(C=C(C#N)C#N)C=CO1. The summed E-state index contributed by atoms with van der Waals surface area (Å²) >= 11 is 0. The molecule has 1 aromatic rings. The lowest BCUT2D eigenvalue weighted by Gasteiger charge is -2.18. The Hall–Kier alpha value is -3.24. The topological polar surface area (TPSA) is 60.0 Å². The van der Waals surface area contributed by atoms with Gasteiger partial charge in [-0.15, -0.1) is 0 Å². The first kappa shape index (κ1) is 17.1. The summed E-state index contributed by atoms with van der Waals surface area (Å²) in [4.78, 5) is 2.05. The lowest BCUT2D eigenvalue weighted by Crippen LogP contribution is -2.10. The van der Waals surface area contributed by atoms with Crippen molar-refractivity contribution in [2.24, 2.45) is 5.92 Å². The Morgan fingerprint density at radius 3 is 2.71 bits per heavy atom. The molecule has 24 heavy (non-hydrogen) atoms. The predicted molar refractivity (Wildman–Crippen MR) is 95.7 cm³/mol. The molecule has 0 saturated carbocycles. The number of hydrogen-bond acceptors (Lipinski definition) is 4. The van der Waals surface area contributed by atoms with Crippen molar-refractivity contribution >= 4 is 11.8 Å². The molecule has 0 spiro atoms. The molecule has 1 unspecified atom stereocenters. The minimum Gasteiger partial charge on any atom is -0.470 e. The number of hydrogen-bond donors (Lipinski definition) is 0. The van der Waals surface area contributed by atoms with E-state index in [0.29, 0.717) is 6.42 Å². The molecule has 120 valence electrons. The van der Waals surface area contributed by atoms with E-state index in [4.69, 9.17) is 15.3 Å². The number of benzene rings is 1. The zero-order valence-corrected chi connectivity index (χ0v) is 13.9. The Balaban J connectivity index is 2.28. The van der Waals surface area contributed by atoms with Crippen molar-refractivity contribution in [1.82, 2.24) is 0 Å². The first-order valence-corrected chi connectivity index (χ1v) is 7.56. The maximum absolute atomic E-state index is 8.88. The summed E-state index contributed by atoms with van der Waals surface area (Å²) in [6.45, 7) is 3.87. The van der Waals surface area contributed by atoms with E-state index in [0.717, 1.165) is 22.6 Å². The first-order chi connectivity index (χ1) is 11.6. The number of anilines is 1. The summed E-state index contributed by atoms with van der Waals surface area (Å²) in [6.07, 6.45) is 9.41. The molecule has 1 aliphatic rings. The van der Waals surface area contributed by atoms with Crippen molar-refractivity contribution < 1.29 is 4.74 Å². The molecule has 0 radical (unpaired) electrons. The molecule has 4 nitrogen and oxygen atoms in total. The van der Waals surface area contributed by atoms with E-state index in [9.17, 15) is 0 Å². The van der Waals surface area contributed by atoms with Gasteiger partial charge in [-0.1, -0.05) is 18.7 Å². The van der Waals surface area contributed by atoms with Crippen LogP contribution in [0.2, 0.25) is 0 Å². The fourth-order valence-electron chi connectivity index (χ4n) is 2.43. The van der Waals surface area contributed by atoms with Crippen LogP contribution < -0.4 is 4.90 Å². The highest BCUT2D eigenvalue weighted by molar-refractivity contribution is 5.59. The minimum absolute atomic E-state index is 0.100. The van der Waals surface area contributed by atoms with Crippen molar-refractivity contribution in [3.63, 3.8) is 0 Å². The summed E-state index contributed by atoms with van der Waals surface area (Å²) in [6, 6.07) is 9.96. The van der Waals surface area contributed by atoms with Gasteiger partial charge in [0.05, 0.1) is 6.26 Å². The second kappa shape index (κ2) is 7.85. The van der Waals surface area contributed by atoms with E-state index in [1.165, 1.54) is 0 Å². The molecule has 1 aliphatic heterocycles. The van der Waals surface area contributed by atoms with Crippen LogP contribution in [0.4, 0.5) is 5.69 Å². The second-order valence-corrected chi connectivity index (χ2v) is 5.62. The van der Waals surface area contributed by atoms with Crippen molar-refractivity contribution in [1.29, 1.82) is 10.5 Å². The number of nitriles is 2. The van der Waals surface area contributed by atoms with E-state index in [1.807, 2.05) is 61.5 Å². The van der Waals surface area contributed by atoms with Crippen LogP contribution in [0, 0.1) is 28.6 Å². The van der Waals surface area contributed by atoms with Crippen molar-refractivity contribution in [2.75, 3.05) is 19.0 Å². The Morgan fingerprint density at radius 2 is 2.08 bits per heavy atom. The van der Waals surface area contributed by atoms with Crippen LogP contribution in [0.1, 0.15) is 11.1 Å². The van der Waals surface area contributed by atoms with Crippen LogP contribution in [0.5, 0.6) is 0 Å². The molecule has 4 heteroatoms. The lowest BCUT2D eigenvalue weighted by molar-refractivity contribution is 0.327. The van der Waals surface area contributed by atoms with Crippen molar-refractivity contribution in [3.05, 3.63) is 71.7 Å². The van der Waals surface area contributed by atoms with Gasteiger partial charge in [0.25, 0.3) is 0 Å². The van der Waals surface area contributed by atoms with Crippen LogP contribution in [0.3, 0.4) is 0 Å². The molecular formula is C20H19N3O. The van der Waals surface area contributed by atoms with Gasteiger partial charge in [0.1, 0.15) is 23.5 Å². The number of nitrogens with zero attached hydrogens (tertiary/aromatic N) is 3. The summed E-state index contributed by atoms with van der Waals surface area (Å²) in [5.41, 5.74) is 3.38. The molecule has 0 aromatic heterocycles. The fraction of sp³-hybridized carbons (Fsp3) is 0.200. The van der Waals surface area contributed by atoms with Gasteiger partial charge in [-0.25, -0.2) is 0 Å². The second-order valence-electron chi connectivity index (χ2n) is 5.62. The van der Waals surface area contributed by atoms with Crippen molar-refractivity contribution in [3.8, 4) is 12.1 Å². The average Bonchev–Trinajstić information content (AvgIpc) is 2.59. The monoisotopic (exact) mass is 317 g/mol. The molecule has 0 aliphatic carbocycles. The van der Waals surface area contributed by atoms with Crippen LogP contribution in [0.25, 0.3) is 6.08 Å². The Bertz CT molecular complexity index is 785. The lowest BCUT2D eigenvalue weighted by atomic mass is 9.98. The normalized spacial score (nSPS) is 15.3. The van der Waals surface area contributed by atoms with Gasteiger partial charge in [0.2, 0.25) is 0 Å². The van der Waals surface area contributed by atoms with Gasteiger partial charge in [-0.05, 0) is 41.5 Å². The van der Waals surface area contributed by atoms with Gasteiger partial charge < -0.3 is 9.64 Å². The highest BCUT2D eigenvalue weighted by atomic mass is 16.5. The molecule has 0 N–H and O–H groups in total.